The van der Waals surface area contributed by atoms with Crippen LogP contribution in [0.4, 0.5) is 0 Å². The van der Waals surface area contributed by atoms with Crippen LogP contribution in [0, 0.1) is 5.79 Å². The Kier molecular flexibility index (Phi) is 6.05. The Bertz CT molecular complexity index is 82.9. The van der Waals surface area contributed by atoms with Crippen LogP contribution in [-0.4, -0.2) is 29.0 Å². The molecule has 0 aromatic rings. The molecule has 0 aliphatic carbocycles. The van der Waals surface area contributed by atoms with Gasteiger partial charge in [0.05, 0.1) is 0 Å². The van der Waals surface area contributed by atoms with Gasteiger partial charge in [0, 0.05) is 0 Å². The van der Waals surface area contributed by atoms with Crippen LogP contribution in [0.1, 0.15) is 0 Å². The summed E-state index contributed by atoms with van der Waals surface area (Å²) in [7, 11) is 3.82. The molecule has 0 heterocycles. The summed E-state index contributed by atoms with van der Waals surface area (Å²) in [6, 6.07) is 0. The predicted molar refractivity (Wildman–Crippen MR) is 52.2 cm³/mol. The van der Waals surface area contributed by atoms with E-state index in [0.29, 0.717) is 0 Å². The molecule has 0 nitrogen and oxygen atoms in total. The van der Waals surface area contributed by atoms with Crippen molar-refractivity contribution in [1.82, 2.24) is 0 Å². The first kappa shape index (κ1) is 13.9. The predicted octanol–water partition coefficient (Wildman–Crippen LogP) is -0.610. The molecule has 3 radical (unpaired) electrons. The Morgan fingerprint density at radius 1 is 1.20 bits per heavy atom. The summed E-state index contributed by atoms with van der Waals surface area (Å²) in [6.45, 7) is 11.3. The minimum Gasteiger partial charge on any atom is -0.389 e. The van der Waals surface area contributed by atoms with Gasteiger partial charge in [0.25, 0.3) is 0 Å². The first-order chi connectivity index (χ1) is 3.71. The summed E-state index contributed by atoms with van der Waals surface area (Å²) < 4.78 is 0. The van der Waals surface area contributed by atoms with Crippen molar-refractivity contribution >= 4 is 22.8 Å². The summed E-state index contributed by atoms with van der Waals surface area (Å²) in [4.78, 5) is 0. The van der Waals surface area contributed by atoms with Gasteiger partial charge in [0.15, 0.2) is 0 Å². The summed E-state index contributed by atoms with van der Waals surface area (Å²) >= 11 is 0. The quantitative estimate of drug-likeness (QED) is 0.291. The van der Waals surface area contributed by atoms with Crippen LogP contribution in [0.2, 0.25) is 19.6 Å². The molecule has 53 valence electrons. The number of hydrogen-bond donors (Lipinski definition) is 0. The van der Waals surface area contributed by atoms with Gasteiger partial charge in [-0.2, -0.15) is 0 Å². The van der Waals surface area contributed by atoms with Gasteiger partial charge in [-0.1, -0.05) is 27.7 Å². The van der Waals surface area contributed by atoms with Crippen LogP contribution in [0.25, 0.3) is 0 Å². The Morgan fingerprint density at radius 3 is 1.50 bits per heavy atom. The second kappa shape index (κ2) is 4.36. The van der Waals surface area contributed by atoms with Crippen LogP contribution in [0.3, 0.4) is 0 Å². The van der Waals surface area contributed by atoms with Gasteiger partial charge in [-0.15, -0.1) is 0 Å². The first-order valence-corrected chi connectivity index (χ1v) is 9.60. The van der Waals surface area contributed by atoms with Gasteiger partial charge in [0.2, 0.25) is 0 Å². The van der Waals surface area contributed by atoms with Crippen LogP contribution in [0.15, 0.2) is 0 Å². The van der Waals surface area contributed by atoms with Gasteiger partial charge in [-0.25, -0.2) is 5.79 Å². The maximum atomic E-state index is 5.91. The standard InChI is InChI=1S/C6H16BPSi.Li/c1-8(2,7)6-9(3,4)5;/h6H,1-5H3;/q-1;+1. The molecule has 0 saturated heterocycles. The summed E-state index contributed by atoms with van der Waals surface area (Å²) in [6.07, 6.45) is 0. The zero-order valence-corrected chi connectivity index (χ0v) is 10.00. The fraction of sp³-hybridized carbons (Fsp3) is 0.833. The Labute approximate surface area is 80.4 Å². The summed E-state index contributed by atoms with van der Waals surface area (Å²) in [5.41, 5.74) is 0. The molecule has 0 amide bonds. The van der Waals surface area contributed by atoms with Gasteiger partial charge >= 0.3 is 18.9 Å². The van der Waals surface area contributed by atoms with Crippen LogP contribution in [0.5, 0.6) is 0 Å². The molecule has 0 spiro atoms. The molecule has 0 aliphatic rings. The number of hydrogen-bond acceptors (Lipinski definition) is 0. The van der Waals surface area contributed by atoms with Crippen molar-refractivity contribution in [2.24, 2.45) is 0 Å². The van der Waals surface area contributed by atoms with Crippen molar-refractivity contribution < 1.29 is 18.9 Å². The zero-order chi connectivity index (χ0) is 7.71. The molecule has 0 N–H and O–H groups in total. The van der Waals surface area contributed by atoms with Crippen molar-refractivity contribution in [1.29, 1.82) is 0 Å². The molecule has 10 heavy (non-hydrogen) atoms. The molecule has 0 aromatic heterocycles. The van der Waals surface area contributed by atoms with Crippen LogP contribution >= 0.6 is 7.14 Å². The van der Waals surface area contributed by atoms with E-state index in [9.17, 15) is 0 Å². The molecule has 0 aliphatic heterocycles. The van der Waals surface area contributed by atoms with E-state index in [-0.39, 0.29) is 18.9 Å². The second-order valence-corrected chi connectivity index (χ2v) is 13.1. The zero-order valence-electron chi connectivity index (χ0n) is 8.10. The third-order valence-corrected chi connectivity index (χ3v) is 6.48. The molecule has 0 bridgehead atoms. The monoisotopic (exact) mass is 165 g/mol. The molecular formula is C6H16BLiPSi. The van der Waals surface area contributed by atoms with E-state index in [4.69, 9.17) is 7.57 Å². The molecule has 0 fully saturated rings. The van der Waals surface area contributed by atoms with Crippen molar-refractivity contribution in [3.8, 4) is 0 Å². The molecule has 0 unspecified atom stereocenters. The van der Waals surface area contributed by atoms with Gasteiger partial charge in [0.1, 0.15) is 0 Å². The Morgan fingerprint density at radius 2 is 1.50 bits per heavy atom. The Hall–Kier alpha value is 1.31. The van der Waals surface area contributed by atoms with Crippen molar-refractivity contribution in [3.05, 3.63) is 5.79 Å². The summed E-state index contributed by atoms with van der Waals surface area (Å²) in [5.74, 6) is 2.40. The smallest absolute Gasteiger partial charge is 0.389 e. The third kappa shape index (κ3) is 12.0. The van der Waals surface area contributed by atoms with E-state index < -0.39 is 15.2 Å². The van der Waals surface area contributed by atoms with Crippen molar-refractivity contribution in [2.75, 3.05) is 13.3 Å². The largest absolute Gasteiger partial charge is 1.00 e. The minimum absolute atomic E-state index is 0. The maximum absolute atomic E-state index is 5.91. The molecule has 0 atom stereocenters. The topological polar surface area (TPSA) is 0 Å². The SMILES string of the molecule is [B-][P+](C)(C)[CH-][Si](C)(C)C.[Li+]. The fourth-order valence-electron chi connectivity index (χ4n) is 0.998. The average molecular weight is 165 g/mol. The van der Waals surface area contributed by atoms with E-state index in [1.54, 1.807) is 0 Å². The van der Waals surface area contributed by atoms with E-state index in [1.165, 1.54) is 0 Å². The fourth-order valence-corrected chi connectivity index (χ4v) is 8.98. The number of rotatable bonds is 2. The minimum atomic E-state index is -1.10. The average Bonchev–Trinajstić information content (AvgIpc) is 1.14. The molecule has 4 heteroatoms. The Balaban J connectivity index is 0. The van der Waals surface area contributed by atoms with E-state index in [2.05, 4.69) is 38.8 Å². The summed E-state index contributed by atoms with van der Waals surface area (Å²) in [5, 5.41) is 0. The van der Waals surface area contributed by atoms with E-state index >= 15 is 0 Å². The maximum Gasteiger partial charge on any atom is 1.00 e. The van der Waals surface area contributed by atoms with Crippen molar-refractivity contribution in [3.63, 3.8) is 0 Å². The van der Waals surface area contributed by atoms with Gasteiger partial charge in [-0.05, 0) is 13.3 Å². The van der Waals surface area contributed by atoms with E-state index in [0.717, 1.165) is 0 Å². The van der Waals surface area contributed by atoms with Gasteiger partial charge in [-0.3, -0.25) is 0 Å². The van der Waals surface area contributed by atoms with Crippen molar-refractivity contribution in [2.45, 2.75) is 19.6 Å². The van der Waals surface area contributed by atoms with E-state index in [1.807, 2.05) is 0 Å². The van der Waals surface area contributed by atoms with Crippen LogP contribution < -0.4 is 18.9 Å². The van der Waals surface area contributed by atoms with Gasteiger partial charge < -0.3 is 14.7 Å². The molecular weight excluding hydrogens is 149 g/mol. The molecule has 0 rings (SSSR count). The second-order valence-electron chi connectivity index (χ2n) is 4.12. The molecule has 0 saturated carbocycles. The van der Waals surface area contributed by atoms with Crippen LogP contribution in [-0.2, 0) is 0 Å². The first-order valence-electron chi connectivity index (χ1n) is 3.20. The molecule has 0 aromatic carbocycles. The third-order valence-electron chi connectivity index (χ3n) is 0.720. The normalized spacial score (nSPS) is 12.6.